The van der Waals surface area contributed by atoms with Gasteiger partial charge in [-0.3, -0.25) is 9.11 Å². The molecule has 10 nitrogen and oxygen atoms in total. The first-order valence-electron chi connectivity index (χ1n) is 0.698. The van der Waals surface area contributed by atoms with Crippen molar-refractivity contribution in [2.24, 2.45) is 0 Å². The van der Waals surface area contributed by atoms with Crippen molar-refractivity contribution in [2.75, 3.05) is 0 Å². The van der Waals surface area contributed by atoms with Gasteiger partial charge in [-0.05, 0) is 0 Å². The van der Waals surface area contributed by atoms with Crippen LogP contribution in [0.1, 0.15) is 1.43 Å². The molecule has 0 atom stereocenters. The van der Waals surface area contributed by atoms with Gasteiger partial charge in [-0.2, -0.15) is 8.42 Å². The smallest absolute Gasteiger partial charge is 1.00 e. The van der Waals surface area contributed by atoms with Crippen molar-refractivity contribution in [1.29, 1.82) is 0 Å². The Labute approximate surface area is 91.8 Å². The van der Waals surface area contributed by atoms with Crippen molar-refractivity contribution in [3.05, 3.63) is 0 Å². The Morgan fingerprint density at radius 1 is 0.750 bits per heavy atom. The Balaban J connectivity index is -0.00000000286. The summed E-state index contributed by atoms with van der Waals surface area (Å²) < 4.78 is 31.6. The van der Waals surface area contributed by atoms with E-state index in [9.17, 15) is 0 Å². The molecule has 0 unspecified atom stereocenters. The maximum atomic E-state index is 8.74. The van der Waals surface area contributed by atoms with E-state index in [1.54, 1.807) is 0 Å². The topological polar surface area (TPSA) is 264 Å². The monoisotopic (exact) mass is 230 g/mol. The molecule has 0 aromatic carbocycles. The summed E-state index contributed by atoms with van der Waals surface area (Å²) in [6.45, 7) is 0. The molecule has 12 heavy (non-hydrogen) atoms. The van der Waals surface area contributed by atoms with Gasteiger partial charge in [0.05, 0.1) is 0 Å². The van der Waals surface area contributed by atoms with E-state index in [0.717, 1.165) is 0 Å². The van der Waals surface area contributed by atoms with E-state index < -0.39 is 10.4 Å². The molecule has 0 radical (unpaired) electrons. The molecule has 0 aliphatic carbocycles. The Bertz CT molecular complexity index is 98.1. The summed E-state index contributed by atoms with van der Waals surface area (Å²) in [5.41, 5.74) is 0. The first kappa shape index (κ1) is 79.7. The molecule has 0 heterocycles. The SMILES string of the molecule is O.O.O.O.O.O.O=S(=O)(O)O.[H-].[Na+]. The Kier molecular flexibility index (Phi) is 199. The van der Waals surface area contributed by atoms with Crippen molar-refractivity contribution in [2.45, 2.75) is 0 Å². The van der Waals surface area contributed by atoms with Gasteiger partial charge >= 0.3 is 40.0 Å². The van der Waals surface area contributed by atoms with Crippen LogP contribution >= 0.6 is 0 Å². The Morgan fingerprint density at radius 3 is 0.750 bits per heavy atom. The average Bonchev–Trinajstić information content (AvgIpc) is 0.722. The Hall–Kier alpha value is 0.630. The second kappa shape index (κ2) is 29.9. The number of rotatable bonds is 0. The number of hydrogen-bond acceptors (Lipinski definition) is 2. The van der Waals surface area contributed by atoms with E-state index in [-0.39, 0.29) is 63.8 Å². The standard InChI is InChI=1S/Na.H2O4S.6H2O.H/c;1-5(2,3)4;;;;;;;/h;(H2,1,2,3,4);6*1H2;/q+1;;;;;;;;-1. The van der Waals surface area contributed by atoms with Crippen LogP contribution in [-0.2, 0) is 10.4 Å². The van der Waals surface area contributed by atoms with Crippen LogP contribution in [-0.4, -0.2) is 50.4 Å². The summed E-state index contributed by atoms with van der Waals surface area (Å²) in [5, 5.41) is 0. The van der Waals surface area contributed by atoms with Crippen LogP contribution in [0.5, 0.6) is 0 Å². The third kappa shape index (κ3) is 2480. The molecule has 12 heteroatoms. The second-order valence-corrected chi connectivity index (χ2v) is 1.34. The first-order chi connectivity index (χ1) is 2.00. The van der Waals surface area contributed by atoms with Gasteiger partial charge in [-0.1, -0.05) is 0 Å². The summed E-state index contributed by atoms with van der Waals surface area (Å²) in [4.78, 5) is 0. The summed E-state index contributed by atoms with van der Waals surface area (Å²) in [6.07, 6.45) is 0. The van der Waals surface area contributed by atoms with Gasteiger partial charge in [-0.15, -0.1) is 0 Å². The van der Waals surface area contributed by atoms with Crippen LogP contribution in [0.4, 0.5) is 0 Å². The van der Waals surface area contributed by atoms with Gasteiger partial charge in [-0.25, -0.2) is 0 Å². The van der Waals surface area contributed by atoms with Gasteiger partial charge in [0.2, 0.25) is 0 Å². The predicted octanol–water partition coefficient (Wildman–Crippen LogP) is -8.48. The minimum Gasteiger partial charge on any atom is -1.00 e. The molecule has 0 aliphatic rings. The molecule has 0 spiro atoms. The van der Waals surface area contributed by atoms with Crippen molar-refractivity contribution < 1.29 is 81.4 Å². The quantitative estimate of drug-likeness (QED) is 0.302. The molecular weight excluding hydrogens is 215 g/mol. The van der Waals surface area contributed by atoms with E-state index in [1.165, 1.54) is 0 Å². The predicted molar refractivity (Wildman–Crippen MR) is 37.0 cm³/mol. The minimum absolute atomic E-state index is 0. The van der Waals surface area contributed by atoms with Crippen LogP contribution in [0, 0.1) is 0 Å². The van der Waals surface area contributed by atoms with E-state index in [4.69, 9.17) is 17.5 Å². The molecule has 0 bridgehead atoms. The molecule has 0 fully saturated rings. The summed E-state index contributed by atoms with van der Waals surface area (Å²) in [7, 11) is -4.67. The molecular formula is H15NaO10S. The summed E-state index contributed by atoms with van der Waals surface area (Å²) in [6, 6.07) is 0. The molecule has 0 saturated carbocycles. The van der Waals surface area contributed by atoms with Crippen LogP contribution in [0.25, 0.3) is 0 Å². The maximum absolute atomic E-state index is 8.74. The molecule has 14 N–H and O–H groups in total. The molecule has 0 amide bonds. The molecule has 0 rings (SSSR count). The second-order valence-electron chi connectivity index (χ2n) is 0.448. The normalized spacial score (nSPS) is 4.83. The Morgan fingerprint density at radius 2 is 0.750 bits per heavy atom. The van der Waals surface area contributed by atoms with Crippen molar-refractivity contribution in [3.8, 4) is 0 Å². The van der Waals surface area contributed by atoms with E-state index >= 15 is 0 Å². The van der Waals surface area contributed by atoms with Gasteiger partial charge in [0.1, 0.15) is 0 Å². The molecule has 0 aliphatic heterocycles. The van der Waals surface area contributed by atoms with Gasteiger partial charge in [0.15, 0.2) is 0 Å². The third-order valence-corrected chi connectivity index (χ3v) is 0. The maximum Gasteiger partial charge on any atom is 1.00 e. The average molecular weight is 230 g/mol. The van der Waals surface area contributed by atoms with Gasteiger partial charge < -0.3 is 34.3 Å². The van der Waals surface area contributed by atoms with Crippen molar-refractivity contribution in [1.82, 2.24) is 0 Å². The van der Waals surface area contributed by atoms with Crippen LogP contribution in [0.15, 0.2) is 0 Å². The van der Waals surface area contributed by atoms with E-state index in [1.807, 2.05) is 0 Å². The van der Waals surface area contributed by atoms with E-state index in [2.05, 4.69) is 0 Å². The fourth-order valence-corrected chi connectivity index (χ4v) is 0. The van der Waals surface area contributed by atoms with E-state index in [0.29, 0.717) is 0 Å². The van der Waals surface area contributed by atoms with Crippen molar-refractivity contribution in [3.63, 3.8) is 0 Å². The summed E-state index contributed by atoms with van der Waals surface area (Å²) in [5.74, 6) is 0. The van der Waals surface area contributed by atoms with Gasteiger partial charge in [0.25, 0.3) is 0 Å². The van der Waals surface area contributed by atoms with Crippen LogP contribution < -0.4 is 29.6 Å². The molecule has 0 aromatic heterocycles. The first-order valence-corrected chi connectivity index (χ1v) is 2.10. The third-order valence-electron chi connectivity index (χ3n) is 0. The van der Waals surface area contributed by atoms with Crippen molar-refractivity contribution >= 4 is 10.4 Å². The fourth-order valence-electron chi connectivity index (χ4n) is 0. The zero-order chi connectivity index (χ0) is 4.50. The number of hydrogen-bond donors (Lipinski definition) is 2. The molecule has 0 saturated heterocycles. The molecule has 0 aromatic rings. The fraction of sp³-hybridized carbons (Fsp3) is 0. The van der Waals surface area contributed by atoms with Crippen LogP contribution in [0.2, 0.25) is 0 Å². The minimum atomic E-state index is -4.67. The summed E-state index contributed by atoms with van der Waals surface area (Å²) >= 11 is 0. The zero-order valence-electron chi connectivity index (χ0n) is 7.12. The largest absolute Gasteiger partial charge is 1.00 e. The van der Waals surface area contributed by atoms with Gasteiger partial charge in [0, 0.05) is 0 Å². The zero-order valence-corrected chi connectivity index (χ0v) is 8.94. The van der Waals surface area contributed by atoms with Crippen LogP contribution in [0.3, 0.4) is 0 Å². The molecule has 82 valence electrons.